The van der Waals surface area contributed by atoms with Crippen LogP contribution in [0.15, 0.2) is 93.7 Å². The maximum absolute atomic E-state index is 14.0. The fourth-order valence-electron chi connectivity index (χ4n) is 4.70. The molecule has 0 fully saturated rings. The molecule has 0 saturated carbocycles. The summed E-state index contributed by atoms with van der Waals surface area (Å²) in [6.07, 6.45) is 5.90. The number of H-pyrrole nitrogens is 2. The third-order valence-corrected chi connectivity index (χ3v) is 6.98. The third kappa shape index (κ3) is 6.09. The van der Waals surface area contributed by atoms with E-state index in [9.17, 15) is 24.6 Å². The predicted octanol–water partition coefficient (Wildman–Crippen LogP) is 4.92. The van der Waals surface area contributed by atoms with Gasteiger partial charge in [-0.25, -0.2) is 4.79 Å². The van der Waals surface area contributed by atoms with Gasteiger partial charge in [0.05, 0.1) is 31.3 Å². The Morgan fingerprint density at radius 3 is 2.05 bits per heavy atom. The van der Waals surface area contributed by atoms with Gasteiger partial charge in [-0.15, -0.1) is 0 Å². The van der Waals surface area contributed by atoms with Crippen LogP contribution in [0.3, 0.4) is 0 Å². The highest BCUT2D eigenvalue weighted by atomic mass is 35.5. The summed E-state index contributed by atoms with van der Waals surface area (Å²) >= 11 is 6.13. The molecule has 4 aromatic rings. The van der Waals surface area contributed by atoms with Crippen molar-refractivity contribution in [3.63, 3.8) is 0 Å². The van der Waals surface area contributed by atoms with Gasteiger partial charge in [-0.1, -0.05) is 48.0 Å². The number of carbonyl (C=O) groups excluding carboxylic acids is 1. The summed E-state index contributed by atoms with van der Waals surface area (Å²) < 4.78 is 16.2. The minimum atomic E-state index is -0.966. The van der Waals surface area contributed by atoms with Crippen LogP contribution in [0, 0.1) is 0 Å². The number of ketones is 1. The Hall–Kier alpha value is -5.48. The number of hydrogen-bond acceptors (Lipinski definition) is 8. The average molecular weight is 601 g/mol. The zero-order valence-corrected chi connectivity index (χ0v) is 23.6. The van der Waals surface area contributed by atoms with E-state index in [1.807, 2.05) is 0 Å². The molecule has 1 atom stereocenters. The molecule has 0 bridgehead atoms. The van der Waals surface area contributed by atoms with E-state index in [1.165, 1.54) is 44.6 Å². The zero-order chi connectivity index (χ0) is 30.7. The number of methoxy groups -OCH3 is 2. The molecule has 4 N–H and O–H groups in total. The molecular weight excluding hydrogens is 576 g/mol. The van der Waals surface area contributed by atoms with Gasteiger partial charge in [0.15, 0.2) is 28.8 Å². The van der Waals surface area contributed by atoms with Gasteiger partial charge in [0.2, 0.25) is 5.88 Å². The van der Waals surface area contributed by atoms with Gasteiger partial charge in [0, 0.05) is 5.02 Å². The van der Waals surface area contributed by atoms with E-state index in [4.69, 9.17) is 25.8 Å². The van der Waals surface area contributed by atoms with Gasteiger partial charge in [-0.3, -0.25) is 19.6 Å². The molecule has 1 aliphatic rings. The van der Waals surface area contributed by atoms with E-state index in [2.05, 4.69) is 9.97 Å². The number of phenols is 2. The van der Waals surface area contributed by atoms with Crippen molar-refractivity contribution < 1.29 is 29.2 Å². The molecule has 0 aliphatic carbocycles. The van der Waals surface area contributed by atoms with Crippen LogP contribution in [0.4, 0.5) is 0 Å². The van der Waals surface area contributed by atoms with Crippen LogP contribution >= 0.6 is 11.6 Å². The topological polar surface area (TPSA) is 151 Å². The Morgan fingerprint density at radius 2 is 1.47 bits per heavy atom. The van der Waals surface area contributed by atoms with Gasteiger partial charge in [-0.2, -0.15) is 0 Å². The first-order valence-corrected chi connectivity index (χ1v) is 13.2. The number of ether oxygens (including phenoxy) is 3. The highest BCUT2D eigenvalue weighted by Gasteiger charge is 2.36. The van der Waals surface area contributed by atoms with Gasteiger partial charge < -0.3 is 24.4 Å². The number of rotatable bonds is 8. The molecule has 0 saturated heterocycles. The van der Waals surface area contributed by atoms with Crippen molar-refractivity contribution in [1.82, 2.24) is 9.97 Å². The minimum Gasteiger partial charge on any atom is -0.504 e. The zero-order valence-electron chi connectivity index (χ0n) is 22.9. The first-order chi connectivity index (χ1) is 20.7. The Kier molecular flexibility index (Phi) is 8.22. The standard InChI is InChI=1S/C32H25ClN2O8/c1-41-24-12-4-17(15-22(24)37)3-11-21(36)28-26(14-6-18-5-13-25(42-2)23(38)16-18)43-31-29(30(39)34-32(40)35-31)27(28)19-7-9-20(33)10-8-19/h3-16,27,37-38H,1-2H3,(H2,34,35,39,40)/b11-3+,14-6+. The van der Waals surface area contributed by atoms with E-state index < -0.39 is 23.0 Å². The van der Waals surface area contributed by atoms with Crippen molar-refractivity contribution in [3.05, 3.63) is 132 Å². The lowest BCUT2D eigenvalue weighted by Crippen LogP contribution is -2.33. The second-order valence-corrected chi connectivity index (χ2v) is 9.85. The molecule has 218 valence electrons. The Balaban J connectivity index is 1.68. The average Bonchev–Trinajstić information content (AvgIpc) is 2.98. The van der Waals surface area contributed by atoms with Crippen molar-refractivity contribution in [2.24, 2.45) is 0 Å². The minimum absolute atomic E-state index is 0.0278. The number of allylic oxidation sites excluding steroid dienone is 3. The van der Waals surface area contributed by atoms with Crippen molar-refractivity contribution in [2.75, 3.05) is 14.2 Å². The molecule has 2 heterocycles. The van der Waals surface area contributed by atoms with E-state index >= 15 is 0 Å². The summed E-state index contributed by atoms with van der Waals surface area (Å²) in [5.41, 5.74) is 0.222. The fourth-order valence-corrected chi connectivity index (χ4v) is 4.83. The first-order valence-electron chi connectivity index (χ1n) is 12.9. The second kappa shape index (κ2) is 12.2. The summed E-state index contributed by atoms with van der Waals surface area (Å²) in [7, 11) is 2.86. The number of halogens is 1. The van der Waals surface area contributed by atoms with Gasteiger partial charge in [-0.05, 0) is 65.2 Å². The van der Waals surface area contributed by atoms with Crippen LogP contribution in [-0.4, -0.2) is 40.2 Å². The lowest BCUT2D eigenvalue weighted by atomic mass is 9.81. The van der Waals surface area contributed by atoms with Crippen molar-refractivity contribution in [2.45, 2.75) is 5.92 Å². The molecular formula is C32H25ClN2O8. The maximum Gasteiger partial charge on any atom is 0.328 e. The van der Waals surface area contributed by atoms with E-state index in [-0.39, 0.29) is 45.8 Å². The Labute approximate surface area is 249 Å². The largest absolute Gasteiger partial charge is 0.504 e. The lowest BCUT2D eigenvalue weighted by Gasteiger charge is -2.27. The number of aromatic nitrogens is 2. The Bertz CT molecular complexity index is 1920. The molecule has 1 aromatic heterocycles. The summed E-state index contributed by atoms with van der Waals surface area (Å²) in [5.74, 6) is -1.18. The van der Waals surface area contributed by atoms with E-state index in [0.717, 1.165) is 0 Å². The normalized spacial score (nSPS) is 14.5. The number of nitrogens with one attached hydrogen (secondary N) is 2. The summed E-state index contributed by atoms with van der Waals surface area (Å²) in [6, 6.07) is 16.0. The summed E-state index contributed by atoms with van der Waals surface area (Å²) in [4.78, 5) is 44.0. The second-order valence-electron chi connectivity index (χ2n) is 9.41. The number of phenolic OH excluding ortho intramolecular Hbond substituents is 2. The molecule has 11 heteroatoms. The summed E-state index contributed by atoms with van der Waals surface area (Å²) in [6.45, 7) is 0. The van der Waals surface area contributed by atoms with Crippen LogP contribution in [0.2, 0.25) is 5.02 Å². The van der Waals surface area contributed by atoms with Gasteiger partial charge >= 0.3 is 5.69 Å². The van der Waals surface area contributed by atoms with Crippen LogP contribution < -0.4 is 25.5 Å². The number of hydrogen-bond donors (Lipinski definition) is 4. The van der Waals surface area contributed by atoms with Crippen molar-refractivity contribution in [1.29, 1.82) is 0 Å². The number of aromatic amines is 2. The highest BCUT2D eigenvalue weighted by Crippen LogP contribution is 2.41. The van der Waals surface area contributed by atoms with E-state index in [0.29, 0.717) is 21.7 Å². The summed E-state index contributed by atoms with van der Waals surface area (Å²) in [5, 5.41) is 20.8. The highest BCUT2D eigenvalue weighted by molar-refractivity contribution is 6.30. The molecule has 3 aromatic carbocycles. The molecule has 1 unspecified atom stereocenters. The number of benzene rings is 3. The monoisotopic (exact) mass is 600 g/mol. The van der Waals surface area contributed by atoms with Crippen LogP contribution in [0.1, 0.15) is 28.2 Å². The number of fused-ring (bicyclic) bond motifs is 1. The van der Waals surface area contributed by atoms with Gasteiger partial charge in [0.1, 0.15) is 5.76 Å². The Morgan fingerprint density at radius 1 is 0.860 bits per heavy atom. The molecule has 0 radical (unpaired) electrons. The van der Waals surface area contributed by atoms with Crippen LogP contribution in [0.5, 0.6) is 28.9 Å². The number of carbonyl (C=O) groups is 1. The fraction of sp³-hybridized carbons (Fsp3) is 0.0938. The van der Waals surface area contributed by atoms with Crippen LogP contribution in [-0.2, 0) is 4.79 Å². The quantitative estimate of drug-likeness (QED) is 0.208. The molecule has 10 nitrogen and oxygen atoms in total. The number of aromatic hydroxyl groups is 2. The van der Waals surface area contributed by atoms with Crippen LogP contribution in [0.25, 0.3) is 12.2 Å². The molecule has 43 heavy (non-hydrogen) atoms. The van der Waals surface area contributed by atoms with Crippen molar-refractivity contribution in [3.8, 4) is 28.9 Å². The SMILES string of the molecule is COc1ccc(/C=C/C(=O)C2=C(/C=C/c3ccc(OC)c(O)c3)Oc3[nH]c(=O)[nH]c(=O)c3C2c2ccc(Cl)cc2)cc1O. The molecule has 1 aliphatic heterocycles. The van der Waals surface area contributed by atoms with Gasteiger partial charge in [0.25, 0.3) is 5.56 Å². The third-order valence-electron chi connectivity index (χ3n) is 6.73. The van der Waals surface area contributed by atoms with Crippen molar-refractivity contribution >= 4 is 29.5 Å². The maximum atomic E-state index is 14.0. The molecule has 5 rings (SSSR count). The lowest BCUT2D eigenvalue weighted by molar-refractivity contribution is -0.111. The molecule has 0 amide bonds. The predicted molar refractivity (Wildman–Crippen MR) is 161 cm³/mol. The first kappa shape index (κ1) is 29.0. The van der Waals surface area contributed by atoms with E-state index in [1.54, 1.807) is 54.6 Å². The molecule has 0 spiro atoms. The smallest absolute Gasteiger partial charge is 0.328 e.